The second kappa shape index (κ2) is 11.3. The molecule has 8 heteroatoms. The molecule has 2 N–H and O–H groups in total. The highest BCUT2D eigenvalue weighted by Crippen LogP contribution is 2.24. The summed E-state index contributed by atoms with van der Waals surface area (Å²) in [6, 6.07) is 9.70. The van der Waals surface area contributed by atoms with E-state index in [9.17, 15) is 4.79 Å². The van der Waals surface area contributed by atoms with Crippen LogP contribution < -0.4 is 10.6 Å². The number of piperazine rings is 1. The van der Waals surface area contributed by atoms with Crippen molar-refractivity contribution in [3.63, 3.8) is 0 Å². The van der Waals surface area contributed by atoms with Crippen molar-refractivity contribution in [2.75, 3.05) is 43.9 Å². The molecule has 188 valence electrons. The van der Waals surface area contributed by atoms with Crippen molar-refractivity contribution >= 4 is 23.2 Å². The highest BCUT2D eigenvalue weighted by atomic mass is 16.1. The van der Waals surface area contributed by atoms with Gasteiger partial charge in [-0.05, 0) is 67.5 Å². The van der Waals surface area contributed by atoms with Crippen molar-refractivity contribution < 1.29 is 10.3 Å². The summed E-state index contributed by atoms with van der Waals surface area (Å²) in [7, 11) is 2.04. The SMILES string of the molecule is [2H]c1c([2H])c(C(=O)Nc2ccc(C)c(Nc3nccc(-c4cccnc4)n3)c2)c([2H])c([2H])c1CN1CCN(C)CC1. The summed E-state index contributed by atoms with van der Waals surface area (Å²) >= 11 is 0. The van der Waals surface area contributed by atoms with Crippen molar-refractivity contribution in [2.24, 2.45) is 0 Å². The lowest BCUT2D eigenvalue weighted by molar-refractivity contribution is 0.102. The Hall–Kier alpha value is -4.14. The Morgan fingerprint density at radius 1 is 1.05 bits per heavy atom. The van der Waals surface area contributed by atoms with Crippen LogP contribution >= 0.6 is 0 Å². The van der Waals surface area contributed by atoms with Gasteiger partial charge in [-0.3, -0.25) is 14.7 Å². The maximum absolute atomic E-state index is 13.3. The van der Waals surface area contributed by atoms with E-state index in [1.807, 2.05) is 32.2 Å². The summed E-state index contributed by atoms with van der Waals surface area (Å²) in [5.74, 6) is -0.341. The van der Waals surface area contributed by atoms with Gasteiger partial charge in [0.05, 0.1) is 11.2 Å². The van der Waals surface area contributed by atoms with E-state index in [-0.39, 0.29) is 29.7 Å². The van der Waals surface area contributed by atoms with Crippen molar-refractivity contribution in [1.29, 1.82) is 0 Å². The van der Waals surface area contributed by atoms with Gasteiger partial charge in [0.15, 0.2) is 0 Å². The summed E-state index contributed by atoms with van der Waals surface area (Å²) in [5, 5.41) is 5.93. The number of aryl methyl sites for hydroxylation is 1. The minimum atomic E-state index is -0.710. The number of rotatable bonds is 7. The smallest absolute Gasteiger partial charge is 0.255 e. The van der Waals surface area contributed by atoms with Gasteiger partial charge in [0.25, 0.3) is 5.91 Å². The van der Waals surface area contributed by atoms with Crippen molar-refractivity contribution in [2.45, 2.75) is 13.5 Å². The predicted octanol–water partition coefficient (Wildman–Crippen LogP) is 4.59. The maximum atomic E-state index is 13.3. The molecular formula is C29H31N7O. The minimum absolute atomic E-state index is 0.188. The van der Waals surface area contributed by atoms with Crippen LogP contribution in [0.5, 0.6) is 0 Å². The van der Waals surface area contributed by atoms with Crippen LogP contribution in [0.2, 0.25) is 0 Å². The van der Waals surface area contributed by atoms with Crippen molar-refractivity contribution in [3.05, 3.63) is 95.8 Å². The van der Waals surface area contributed by atoms with E-state index in [2.05, 4.69) is 35.4 Å². The van der Waals surface area contributed by atoms with Crippen LogP contribution in [0.25, 0.3) is 11.3 Å². The highest BCUT2D eigenvalue weighted by molar-refractivity contribution is 6.04. The predicted molar refractivity (Wildman–Crippen MR) is 147 cm³/mol. The standard InChI is InChI=1S/C29H31N7O/c1-21-5-10-25(18-27(21)34-29-31-13-11-26(33-29)24-4-3-12-30-19-24)32-28(37)23-8-6-22(7-9-23)20-36-16-14-35(2)15-17-36/h3-13,18-19H,14-17,20H2,1-2H3,(H,32,37)(H,31,33,34)/i6D,7D,8D,9D. The van der Waals surface area contributed by atoms with Gasteiger partial charge in [-0.1, -0.05) is 18.2 Å². The van der Waals surface area contributed by atoms with Crippen LogP contribution in [0.15, 0.2) is 79.2 Å². The Kier molecular flexibility index (Phi) is 6.09. The van der Waals surface area contributed by atoms with Gasteiger partial charge in [0.1, 0.15) is 0 Å². The normalized spacial score (nSPS) is 15.8. The molecule has 0 radical (unpaired) electrons. The average molecular weight is 498 g/mol. The zero-order valence-corrected chi connectivity index (χ0v) is 20.9. The first-order valence-electron chi connectivity index (χ1n) is 14.1. The molecule has 4 aromatic rings. The molecule has 1 aliphatic heterocycles. The Morgan fingerprint density at radius 2 is 1.86 bits per heavy atom. The van der Waals surface area contributed by atoms with Crippen molar-refractivity contribution in [3.8, 4) is 11.3 Å². The number of benzene rings is 2. The number of carbonyl (C=O) groups excluding carboxylic acids is 1. The number of pyridine rings is 1. The van der Waals surface area contributed by atoms with E-state index in [0.29, 0.717) is 35.1 Å². The Morgan fingerprint density at radius 3 is 2.62 bits per heavy atom. The van der Waals surface area contributed by atoms with Gasteiger partial charge in [-0.25, -0.2) is 9.97 Å². The zero-order chi connectivity index (χ0) is 29.1. The largest absolute Gasteiger partial charge is 0.324 e. The molecule has 5 rings (SSSR count). The molecule has 0 saturated carbocycles. The fourth-order valence-corrected chi connectivity index (χ4v) is 4.00. The number of likely N-dealkylation sites (N-methyl/N-ethyl adjacent to an activating group) is 1. The molecule has 0 atom stereocenters. The zero-order valence-electron chi connectivity index (χ0n) is 24.9. The number of anilines is 3. The third-order valence-corrected chi connectivity index (χ3v) is 6.24. The third-order valence-electron chi connectivity index (χ3n) is 6.24. The number of nitrogens with zero attached hydrogens (tertiary/aromatic N) is 5. The Bertz CT molecular complexity index is 1550. The monoisotopic (exact) mass is 497 g/mol. The van der Waals surface area contributed by atoms with E-state index in [1.54, 1.807) is 36.8 Å². The quantitative estimate of drug-likeness (QED) is 0.386. The van der Waals surface area contributed by atoms with Gasteiger partial charge >= 0.3 is 0 Å². The van der Waals surface area contributed by atoms with Crippen LogP contribution in [0.1, 0.15) is 27.0 Å². The molecule has 1 amide bonds. The van der Waals surface area contributed by atoms with E-state index < -0.39 is 5.91 Å². The molecule has 8 nitrogen and oxygen atoms in total. The van der Waals surface area contributed by atoms with Gasteiger partial charge in [-0.2, -0.15) is 0 Å². The molecule has 1 aliphatic rings. The third kappa shape index (κ3) is 6.35. The fraction of sp³-hybridized carbons (Fsp3) is 0.241. The van der Waals surface area contributed by atoms with Crippen LogP contribution in [-0.4, -0.2) is 63.9 Å². The second-order valence-corrected chi connectivity index (χ2v) is 9.05. The van der Waals surface area contributed by atoms with Gasteiger partial charge < -0.3 is 15.5 Å². The van der Waals surface area contributed by atoms with Gasteiger partial charge in [0.2, 0.25) is 5.95 Å². The van der Waals surface area contributed by atoms with E-state index in [4.69, 9.17) is 5.48 Å². The lowest BCUT2D eigenvalue weighted by Gasteiger charge is -2.32. The molecule has 0 aliphatic carbocycles. The molecule has 3 heterocycles. The molecule has 0 spiro atoms. The van der Waals surface area contributed by atoms with E-state index in [1.165, 1.54) is 0 Å². The topological polar surface area (TPSA) is 86.3 Å². The second-order valence-electron chi connectivity index (χ2n) is 9.05. The number of amides is 1. The molecule has 2 aromatic carbocycles. The summed E-state index contributed by atoms with van der Waals surface area (Å²) in [5.41, 5.74) is 3.54. The number of nitrogens with one attached hydrogen (secondary N) is 2. The Balaban J connectivity index is 1.35. The number of carbonyl (C=O) groups is 1. The number of hydrogen-bond acceptors (Lipinski definition) is 7. The molecule has 0 bridgehead atoms. The summed E-state index contributed by atoms with van der Waals surface area (Å²) < 4.78 is 34.1. The minimum Gasteiger partial charge on any atom is -0.324 e. The lowest BCUT2D eigenvalue weighted by atomic mass is 10.1. The maximum Gasteiger partial charge on any atom is 0.255 e. The summed E-state index contributed by atoms with van der Waals surface area (Å²) in [6.45, 7) is 5.51. The first-order valence-corrected chi connectivity index (χ1v) is 12.1. The fourth-order valence-electron chi connectivity index (χ4n) is 4.00. The summed E-state index contributed by atoms with van der Waals surface area (Å²) in [4.78, 5) is 30.6. The first kappa shape index (κ1) is 20.0. The molecule has 0 unspecified atom stereocenters. The Labute approximate surface area is 223 Å². The van der Waals surface area contributed by atoms with E-state index in [0.717, 1.165) is 37.3 Å². The lowest BCUT2D eigenvalue weighted by Crippen LogP contribution is -2.43. The molecular weight excluding hydrogens is 462 g/mol. The van der Waals surface area contributed by atoms with Gasteiger partial charge in [0, 0.05) is 73.8 Å². The van der Waals surface area contributed by atoms with E-state index >= 15 is 0 Å². The van der Waals surface area contributed by atoms with Crippen LogP contribution in [0.3, 0.4) is 0 Å². The van der Waals surface area contributed by atoms with Crippen LogP contribution in [0, 0.1) is 6.92 Å². The molecule has 1 fully saturated rings. The van der Waals surface area contributed by atoms with Crippen LogP contribution in [0.4, 0.5) is 17.3 Å². The molecule has 2 aromatic heterocycles. The first-order chi connectivity index (χ1) is 19.7. The van der Waals surface area contributed by atoms with Crippen molar-refractivity contribution in [1.82, 2.24) is 24.8 Å². The van der Waals surface area contributed by atoms with Crippen LogP contribution in [-0.2, 0) is 6.54 Å². The summed E-state index contributed by atoms with van der Waals surface area (Å²) in [6.07, 6.45) is 5.06. The molecule has 1 saturated heterocycles. The molecule has 37 heavy (non-hydrogen) atoms. The van der Waals surface area contributed by atoms with Gasteiger partial charge in [-0.15, -0.1) is 0 Å². The highest BCUT2D eigenvalue weighted by Gasteiger charge is 2.14. The average Bonchev–Trinajstić information content (AvgIpc) is 2.98. The number of aromatic nitrogens is 3. The number of hydrogen-bond donors (Lipinski definition) is 2.